The van der Waals surface area contributed by atoms with Gasteiger partial charge in [-0.05, 0) is 66.5 Å². The Hall–Kier alpha value is -0.940. The molecule has 1 amide bonds. The van der Waals surface area contributed by atoms with E-state index in [0.717, 1.165) is 38.8 Å². The van der Waals surface area contributed by atoms with Crippen molar-refractivity contribution in [2.45, 2.75) is 84.8 Å². The molecule has 0 unspecified atom stereocenters. The molecule has 0 saturated carbocycles. The van der Waals surface area contributed by atoms with E-state index in [1.807, 2.05) is 41.5 Å². The van der Waals surface area contributed by atoms with Crippen molar-refractivity contribution in [3.05, 3.63) is 0 Å². The van der Waals surface area contributed by atoms with E-state index in [1.54, 1.807) is 0 Å². The molecule has 0 aromatic heterocycles. The molecule has 1 aliphatic rings. The summed E-state index contributed by atoms with van der Waals surface area (Å²) >= 11 is 0. The fraction of sp³-hybridized carbons (Fsp3) is 0.900. The van der Waals surface area contributed by atoms with Crippen molar-refractivity contribution in [1.82, 2.24) is 10.6 Å². The summed E-state index contributed by atoms with van der Waals surface area (Å²) in [4.78, 5) is 24.2. The maximum Gasteiger partial charge on any atom is 0.223 e. The van der Waals surface area contributed by atoms with E-state index in [0.29, 0.717) is 13.0 Å². The Kier molecular flexibility index (Phi) is 8.55. The zero-order valence-electron chi connectivity index (χ0n) is 17.0. The minimum absolute atomic E-state index is 0.0833. The molecule has 0 spiro atoms. The van der Waals surface area contributed by atoms with Gasteiger partial charge in [0.2, 0.25) is 5.91 Å². The maximum absolute atomic E-state index is 12.4. The van der Waals surface area contributed by atoms with Gasteiger partial charge in [-0.25, -0.2) is 0 Å². The lowest BCUT2D eigenvalue weighted by molar-refractivity contribution is -0.128. The van der Waals surface area contributed by atoms with Gasteiger partial charge in [-0.3, -0.25) is 9.59 Å². The molecule has 5 heteroatoms. The molecule has 5 nitrogen and oxygen atoms in total. The predicted molar refractivity (Wildman–Crippen MR) is 102 cm³/mol. The number of carbonyl (C=O) groups excluding carboxylic acids is 2. The summed E-state index contributed by atoms with van der Waals surface area (Å²) in [5, 5.41) is 6.46. The van der Waals surface area contributed by atoms with Gasteiger partial charge in [-0.1, -0.05) is 13.8 Å². The van der Waals surface area contributed by atoms with Gasteiger partial charge in [0.25, 0.3) is 0 Å². The summed E-state index contributed by atoms with van der Waals surface area (Å²) in [5.41, 5.74) is -0.606. The van der Waals surface area contributed by atoms with Crippen LogP contribution in [0.15, 0.2) is 0 Å². The van der Waals surface area contributed by atoms with E-state index >= 15 is 0 Å². The predicted octanol–water partition coefficient (Wildman–Crippen LogP) is 3.07. The highest BCUT2D eigenvalue weighted by Crippen LogP contribution is 2.21. The number of Topliss-reactive ketones (excluding diaryl/α,β-unsaturated/α-hetero) is 1. The first-order valence-corrected chi connectivity index (χ1v) is 9.72. The van der Waals surface area contributed by atoms with E-state index in [1.165, 1.54) is 0 Å². The average molecular weight is 355 g/mol. The van der Waals surface area contributed by atoms with E-state index in [9.17, 15) is 9.59 Å². The second-order valence-corrected chi connectivity index (χ2v) is 8.88. The van der Waals surface area contributed by atoms with E-state index in [2.05, 4.69) is 10.6 Å². The topological polar surface area (TPSA) is 67.4 Å². The van der Waals surface area contributed by atoms with Gasteiger partial charge in [-0.15, -0.1) is 0 Å². The summed E-state index contributed by atoms with van der Waals surface area (Å²) in [6.07, 6.45) is 3.86. The SMILES string of the molecule is CC(C)C(=O)CCC(C)(C)OCCC(C)(C)NC(=O)C1CCNCC1. The molecule has 0 atom stereocenters. The van der Waals surface area contributed by atoms with Gasteiger partial charge < -0.3 is 15.4 Å². The molecule has 0 aromatic rings. The Bertz CT molecular complexity index is 438. The summed E-state index contributed by atoms with van der Waals surface area (Å²) in [5.74, 6) is 0.652. The van der Waals surface area contributed by atoms with Crippen LogP contribution in [0.5, 0.6) is 0 Å². The Morgan fingerprint density at radius 2 is 1.72 bits per heavy atom. The summed E-state index contributed by atoms with van der Waals surface area (Å²) in [6.45, 7) is 14.4. The lowest BCUT2D eigenvalue weighted by Crippen LogP contribution is -2.48. The number of rotatable bonds is 10. The third-order valence-electron chi connectivity index (χ3n) is 5.01. The van der Waals surface area contributed by atoms with Crippen molar-refractivity contribution in [3.8, 4) is 0 Å². The monoisotopic (exact) mass is 354 g/mol. The number of piperidine rings is 1. The Balaban J connectivity index is 2.34. The van der Waals surface area contributed by atoms with Crippen molar-refractivity contribution in [2.75, 3.05) is 19.7 Å². The first-order valence-electron chi connectivity index (χ1n) is 9.72. The number of carbonyl (C=O) groups is 2. The third-order valence-corrected chi connectivity index (χ3v) is 5.01. The molecule has 0 bridgehead atoms. The van der Waals surface area contributed by atoms with Crippen LogP contribution in [0.1, 0.15) is 73.6 Å². The number of nitrogens with one attached hydrogen (secondary N) is 2. The molecule has 0 aromatic carbocycles. The Morgan fingerprint density at radius 1 is 1.12 bits per heavy atom. The lowest BCUT2D eigenvalue weighted by atomic mass is 9.94. The zero-order valence-corrected chi connectivity index (χ0v) is 17.0. The van der Waals surface area contributed by atoms with Crippen molar-refractivity contribution >= 4 is 11.7 Å². The second-order valence-electron chi connectivity index (χ2n) is 8.88. The number of ketones is 1. The van der Waals surface area contributed by atoms with E-state index < -0.39 is 0 Å². The molecular weight excluding hydrogens is 316 g/mol. The van der Waals surface area contributed by atoms with Gasteiger partial charge in [0.1, 0.15) is 5.78 Å². The number of hydrogen-bond donors (Lipinski definition) is 2. The minimum Gasteiger partial charge on any atom is -0.375 e. The van der Waals surface area contributed by atoms with E-state index in [-0.39, 0.29) is 34.7 Å². The highest BCUT2D eigenvalue weighted by Gasteiger charge is 2.28. The number of hydrogen-bond acceptors (Lipinski definition) is 4. The lowest BCUT2D eigenvalue weighted by Gasteiger charge is -2.32. The van der Waals surface area contributed by atoms with Gasteiger partial charge in [-0.2, -0.15) is 0 Å². The average Bonchev–Trinajstić information content (AvgIpc) is 2.52. The molecule has 1 rings (SSSR count). The van der Waals surface area contributed by atoms with Crippen LogP contribution in [0.25, 0.3) is 0 Å². The second kappa shape index (κ2) is 9.67. The van der Waals surface area contributed by atoms with Crippen molar-refractivity contribution in [3.63, 3.8) is 0 Å². The maximum atomic E-state index is 12.4. The smallest absolute Gasteiger partial charge is 0.223 e. The minimum atomic E-state index is -0.320. The fourth-order valence-corrected chi connectivity index (χ4v) is 2.95. The molecule has 25 heavy (non-hydrogen) atoms. The standard InChI is InChI=1S/C20H38N2O3/c1-15(2)17(23)7-10-20(5,6)25-14-11-19(3,4)22-18(24)16-8-12-21-13-9-16/h15-16,21H,7-14H2,1-6H3,(H,22,24). The van der Waals surface area contributed by atoms with Gasteiger partial charge in [0.15, 0.2) is 0 Å². The van der Waals surface area contributed by atoms with Crippen LogP contribution in [-0.4, -0.2) is 42.5 Å². The van der Waals surface area contributed by atoms with Gasteiger partial charge >= 0.3 is 0 Å². The third kappa shape index (κ3) is 8.82. The van der Waals surface area contributed by atoms with Crippen LogP contribution in [0.2, 0.25) is 0 Å². The van der Waals surface area contributed by atoms with Crippen LogP contribution in [0.4, 0.5) is 0 Å². The summed E-state index contributed by atoms with van der Waals surface area (Å²) in [7, 11) is 0. The normalized spacial score (nSPS) is 16.9. The van der Waals surface area contributed by atoms with Crippen molar-refractivity contribution in [1.29, 1.82) is 0 Å². The molecule has 1 saturated heterocycles. The number of amides is 1. The van der Waals surface area contributed by atoms with Crippen LogP contribution in [0, 0.1) is 11.8 Å². The van der Waals surface area contributed by atoms with Gasteiger partial charge in [0, 0.05) is 30.4 Å². The Labute approximate surface area is 153 Å². The van der Waals surface area contributed by atoms with Crippen LogP contribution < -0.4 is 10.6 Å². The Morgan fingerprint density at radius 3 is 2.28 bits per heavy atom. The van der Waals surface area contributed by atoms with E-state index in [4.69, 9.17) is 4.74 Å². The molecule has 0 radical (unpaired) electrons. The van der Waals surface area contributed by atoms with Gasteiger partial charge in [0.05, 0.1) is 5.60 Å². The van der Waals surface area contributed by atoms with Crippen LogP contribution in [-0.2, 0) is 14.3 Å². The molecule has 0 aliphatic carbocycles. The summed E-state index contributed by atoms with van der Waals surface area (Å²) < 4.78 is 6.01. The van der Waals surface area contributed by atoms with Crippen LogP contribution in [0.3, 0.4) is 0 Å². The highest BCUT2D eigenvalue weighted by molar-refractivity contribution is 5.80. The zero-order chi connectivity index (χ0) is 19.1. The fourth-order valence-electron chi connectivity index (χ4n) is 2.95. The molecule has 146 valence electrons. The quantitative estimate of drug-likeness (QED) is 0.633. The molecule has 2 N–H and O–H groups in total. The number of ether oxygens (including phenoxy) is 1. The van der Waals surface area contributed by atoms with Crippen molar-refractivity contribution in [2.24, 2.45) is 11.8 Å². The first kappa shape index (κ1) is 22.1. The molecule has 1 heterocycles. The molecule has 1 aliphatic heterocycles. The largest absolute Gasteiger partial charge is 0.375 e. The highest BCUT2D eigenvalue weighted by atomic mass is 16.5. The van der Waals surface area contributed by atoms with Crippen molar-refractivity contribution < 1.29 is 14.3 Å². The summed E-state index contributed by atoms with van der Waals surface area (Å²) in [6, 6.07) is 0. The van der Waals surface area contributed by atoms with Crippen LogP contribution >= 0.6 is 0 Å². The molecule has 1 fully saturated rings. The first-order chi connectivity index (χ1) is 11.5. The molecular formula is C20H38N2O3.